The quantitative estimate of drug-likeness (QED) is 0.418. The largest absolute Gasteiger partial charge is 0.394 e. The van der Waals surface area contributed by atoms with Crippen molar-refractivity contribution in [2.75, 3.05) is 19.8 Å². The predicted molar refractivity (Wildman–Crippen MR) is 88.4 cm³/mol. The van der Waals surface area contributed by atoms with Crippen LogP contribution >= 0.6 is 0 Å². The average molecular weight is 334 g/mol. The van der Waals surface area contributed by atoms with Crippen LogP contribution < -0.4 is 11.5 Å². The molecule has 0 aromatic carbocycles. The van der Waals surface area contributed by atoms with Gasteiger partial charge in [0.1, 0.15) is 0 Å². The zero-order valence-electron chi connectivity index (χ0n) is 14.1. The van der Waals surface area contributed by atoms with Crippen LogP contribution in [0.4, 0.5) is 0 Å². The van der Waals surface area contributed by atoms with Crippen LogP contribution in [0.3, 0.4) is 0 Å². The van der Waals surface area contributed by atoms with Gasteiger partial charge in [-0.15, -0.1) is 0 Å². The van der Waals surface area contributed by atoms with Gasteiger partial charge in [-0.1, -0.05) is 13.2 Å². The second-order valence-electron chi connectivity index (χ2n) is 4.53. The van der Waals surface area contributed by atoms with Crippen molar-refractivity contribution in [1.29, 1.82) is 0 Å². The smallest absolute Gasteiger partial charge is 0.240 e. The van der Waals surface area contributed by atoms with E-state index in [-0.39, 0.29) is 18.8 Å². The van der Waals surface area contributed by atoms with Gasteiger partial charge in [-0.2, -0.15) is 0 Å². The molecule has 0 aliphatic carbocycles. The van der Waals surface area contributed by atoms with Gasteiger partial charge in [0.15, 0.2) is 0 Å². The maximum absolute atomic E-state index is 9.47. The molecule has 23 heavy (non-hydrogen) atoms. The lowest BCUT2D eigenvalue weighted by Gasteiger charge is -2.16. The summed E-state index contributed by atoms with van der Waals surface area (Å²) < 4.78 is 10.5. The monoisotopic (exact) mass is 334 g/mol. The van der Waals surface area contributed by atoms with Crippen molar-refractivity contribution in [1.82, 2.24) is 0 Å². The Morgan fingerprint density at radius 3 is 1.61 bits per heavy atom. The molecule has 0 spiro atoms. The third-order valence-electron chi connectivity index (χ3n) is 1.90. The van der Waals surface area contributed by atoms with Crippen molar-refractivity contribution >= 4 is 11.8 Å². The van der Waals surface area contributed by atoms with Gasteiger partial charge in [0.05, 0.1) is 38.1 Å². The summed E-state index contributed by atoms with van der Waals surface area (Å²) in [5, 5.41) is 17.6. The van der Waals surface area contributed by atoms with Crippen molar-refractivity contribution in [2.24, 2.45) is 11.5 Å². The summed E-state index contributed by atoms with van der Waals surface area (Å²) in [6.07, 6.45) is 1.46. The number of hydrogen-bond acceptors (Lipinski definition) is 6. The van der Waals surface area contributed by atoms with Gasteiger partial charge in [-0.3, -0.25) is 9.59 Å². The summed E-state index contributed by atoms with van der Waals surface area (Å²) in [5.74, 6) is -0.963. The van der Waals surface area contributed by atoms with Crippen molar-refractivity contribution in [3.05, 3.63) is 25.3 Å². The number of carbonyl (C=O) groups excluding carboxylic acids is 2. The van der Waals surface area contributed by atoms with E-state index in [9.17, 15) is 9.59 Å². The van der Waals surface area contributed by atoms with Crippen LogP contribution in [0, 0.1) is 0 Å². The molecule has 0 heterocycles. The number of aliphatic hydroxyl groups excluding tert-OH is 2. The standard InChI is InChI=1S/C9H20O4.2C3H5NO/c1-7(11)5-12-9(3)6-13-8(2)4-10;2*1-2-3(4)5/h7-11H,4-6H2,1-3H3;2*2H,1H2,(H2,4,5). The van der Waals surface area contributed by atoms with E-state index in [1.54, 1.807) is 13.8 Å². The third-order valence-corrected chi connectivity index (χ3v) is 1.90. The molecule has 0 radical (unpaired) electrons. The molecule has 3 unspecified atom stereocenters. The Kier molecular flexibility index (Phi) is 20.8. The normalized spacial score (nSPS) is 13.1. The van der Waals surface area contributed by atoms with E-state index in [4.69, 9.17) is 19.7 Å². The highest BCUT2D eigenvalue weighted by Gasteiger charge is 2.06. The Morgan fingerprint density at radius 1 is 1.00 bits per heavy atom. The van der Waals surface area contributed by atoms with Crippen LogP contribution in [0.1, 0.15) is 20.8 Å². The van der Waals surface area contributed by atoms with Gasteiger partial charge in [-0.25, -0.2) is 0 Å². The molecule has 8 nitrogen and oxygen atoms in total. The van der Waals surface area contributed by atoms with E-state index >= 15 is 0 Å². The van der Waals surface area contributed by atoms with Crippen LogP contribution in [-0.2, 0) is 19.1 Å². The molecule has 0 aromatic rings. The van der Waals surface area contributed by atoms with Crippen molar-refractivity contribution in [3.63, 3.8) is 0 Å². The molecule has 0 aliphatic rings. The summed E-state index contributed by atoms with van der Waals surface area (Å²) >= 11 is 0. The zero-order valence-corrected chi connectivity index (χ0v) is 14.1. The first kappa shape index (κ1) is 26.2. The fourth-order valence-electron chi connectivity index (χ4n) is 0.704. The van der Waals surface area contributed by atoms with Crippen LogP contribution in [-0.4, -0.2) is 60.2 Å². The van der Waals surface area contributed by atoms with Crippen molar-refractivity contribution in [2.45, 2.75) is 39.1 Å². The second-order valence-corrected chi connectivity index (χ2v) is 4.53. The van der Waals surface area contributed by atoms with Gasteiger partial charge < -0.3 is 31.2 Å². The number of hydrogen-bond donors (Lipinski definition) is 4. The van der Waals surface area contributed by atoms with E-state index in [2.05, 4.69) is 24.6 Å². The fraction of sp³-hybridized carbons (Fsp3) is 0.600. The van der Waals surface area contributed by atoms with Gasteiger partial charge in [0.2, 0.25) is 11.8 Å². The summed E-state index contributed by atoms with van der Waals surface area (Å²) in [5.41, 5.74) is 9.07. The first-order chi connectivity index (χ1) is 10.6. The van der Waals surface area contributed by atoms with Gasteiger partial charge in [0, 0.05) is 0 Å². The Bertz CT molecular complexity index is 316. The molecule has 0 aliphatic heterocycles. The van der Waals surface area contributed by atoms with Gasteiger partial charge >= 0.3 is 0 Å². The maximum atomic E-state index is 9.47. The highest BCUT2D eigenvalue weighted by molar-refractivity contribution is 5.85. The number of ether oxygens (including phenoxy) is 2. The second kappa shape index (κ2) is 18.3. The lowest BCUT2D eigenvalue weighted by molar-refractivity contribution is -0.114. The molecule has 2 amide bonds. The summed E-state index contributed by atoms with van der Waals surface area (Å²) in [4.78, 5) is 18.9. The third kappa shape index (κ3) is 33.2. The summed E-state index contributed by atoms with van der Waals surface area (Å²) in [6.45, 7) is 12.3. The summed E-state index contributed by atoms with van der Waals surface area (Å²) in [7, 11) is 0. The average Bonchev–Trinajstić information content (AvgIpc) is 2.51. The molecule has 8 heteroatoms. The Labute approximate surface area is 137 Å². The molecule has 136 valence electrons. The van der Waals surface area contributed by atoms with Crippen LogP contribution in [0.5, 0.6) is 0 Å². The van der Waals surface area contributed by atoms with Crippen LogP contribution in [0.2, 0.25) is 0 Å². The molecule has 3 atom stereocenters. The minimum Gasteiger partial charge on any atom is -0.394 e. The van der Waals surface area contributed by atoms with Crippen molar-refractivity contribution < 1.29 is 29.3 Å². The number of primary amides is 2. The molecule has 0 saturated heterocycles. The number of amides is 2. The van der Waals surface area contributed by atoms with Crippen LogP contribution in [0.25, 0.3) is 0 Å². The lowest BCUT2D eigenvalue weighted by Crippen LogP contribution is -2.24. The minimum absolute atomic E-state index is 0.0170. The minimum atomic E-state index is -0.481. The molecule has 0 aromatic heterocycles. The Morgan fingerprint density at radius 2 is 1.35 bits per heavy atom. The first-order valence-electron chi connectivity index (χ1n) is 6.96. The Hall–Kier alpha value is -1.74. The van der Waals surface area contributed by atoms with E-state index in [1.807, 2.05) is 6.92 Å². The van der Waals surface area contributed by atoms with Crippen molar-refractivity contribution in [3.8, 4) is 0 Å². The maximum Gasteiger partial charge on any atom is 0.240 e. The first-order valence-corrected chi connectivity index (χ1v) is 6.96. The highest BCUT2D eigenvalue weighted by Crippen LogP contribution is 1.97. The number of rotatable bonds is 9. The van der Waals surface area contributed by atoms with Gasteiger partial charge in [0.25, 0.3) is 0 Å². The highest BCUT2D eigenvalue weighted by atomic mass is 16.5. The van der Waals surface area contributed by atoms with E-state index in [0.717, 1.165) is 12.2 Å². The number of nitrogens with two attached hydrogens (primary N) is 2. The van der Waals surface area contributed by atoms with E-state index < -0.39 is 17.9 Å². The van der Waals surface area contributed by atoms with E-state index in [0.29, 0.717) is 13.2 Å². The molecular formula is C15H30N2O6. The lowest BCUT2D eigenvalue weighted by atomic mass is 10.4. The van der Waals surface area contributed by atoms with Crippen LogP contribution in [0.15, 0.2) is 25.3 Å². The molecule has 0 saturated carbocycles. The van der Waals surface area contributed by atoms with Gasteiger partial charge in [-0.05, 0) is 32.9 Å². The zero-order chi connectivity index (χ0) is 18.8. The fourth-order valence-corrected chi connectivity index (χ4v) is 0.704. The summed E-state index contributed by atoms with van der Waals surface area (Å²) in [6, 6.07) is 0. The molecule has 0 rings (SSSR count). The molecular weight excluding hydrogens is 304 g/mol. The predicted octanol–water partition coefficient (Wildman–Crippen LogP) is -0.515. The molecule has 0 fully saturated rings. The topological polar surface area (TPSA) is 145 Å². The number of carbonyl (C=O) groups is 2. The SMILES string of the molecule is C=CC(N)=O.C=CC(N)=O.CC(O)COC(C)COC(C)CO. The van der Waals surface area contributed by atoms with E-state index in [1.165, 1.54) is 0 Å². The molecule has 0 bridgehead atoms. The Balaban J connectivity index is -0.000000329. The number of aliphatic hydroxyl groups is 2. The molecule has 6 N–H and O–H groups in total.